The van der Waals surface area contributed by atoms with Gasteiger partial charge in [0.15, 0.2) is 0 Å². The number of hydrogen-bond donors (Lipinski definition) is 0. The summed E-state index contributed by atoms with van der Waals surface area (Å²) in [6.45, 7) is 1.11. The van der Waals surface area contributed by atoms with Crippen LogP contribution in [0, 0.1) is 0 Å². The van der Waals surface area contributed by atoms with Gasteiger partial charge in [-0.2, -0.15) is 0 Å². The summed E-state index contributed by atoms with van der Waals surface area (Å²) in [5, 5.41) is 0. The van der Waals surface area contributed by atoms with Gasteiger partial charge in [-0.3, -0.25) is 0 Å². The quantitative estimate of drug-likeness (QED) is 0.592. The molecule has 0 saturated heterocycles. The van der Waals surface area contributed by atoms with Crippen molar-refractivity contribution in [2.24, 2.45) is 0 Å². The maximum atomic E-state index is 9.99. The monoisotopic (exact) mass is 386 g/mol. The summed E-state index contributed by atoms with van der Waals surface area (Å²) in [7, 11) is 0. The van der Waals surface area contributed by atoms with Crippen LogP contribution in [0.15, 0.2) is 0 Å². The first kappa shape index (κ1) is 10.3. The zero-order chi connectivity index (χ0) is 8.20. The number of carbonyl (C=O) groups excluding carboxylic acids is 1. The van der Waals surface area contributed by atoms with E-state index in [4.69, 9.17) is 0 Å². The third-order valence-electron chi connectivity index (χ3n) is 0.311. The van der Waals surface area contributed by atoms with Gasteiger partial charge in [0.1, 0.15) is 0 Å². The molecule has 0 bridgehead atoms. The molecule has 0 saturated carbocycles. The predicted molar refractivity (Wildman–Crippen MR) is 20.7 cm³/mol. The van der Waals surface area contributed by atoms with Crippen molar-refractivity contribution >= 4 is 31.1 Å². The Bertz CT molecular complexity index is 243. The SMILES string of the molecule is CC(=O)[O][Pb][O][Mn](=[O])(=[O])=[O]. The fourth-order valence-corrected chi connectivity index (χ4v) is 2.48. The molecule has 8 heteroatoms. The number of hydrogen-bond acceptors (Lipinski definition) is 6. The molecule has 0 aliphatic rings. The van der Waals surface area contributed by atoms with E-state index in [1.165, 1.54) is 0 Å². The van der Waals surface area contributed by atoms with Gasteiger partial charge in [-0.05, 0) is 0 Å². The van der Waals surface area contributed by atoms with Crippen LogP contribution >= 0.6 is 0 Å². The van der Waals surface area contributed by atoms with E-state index in [-0.39, 0.29) is 0 Å². The molecule has 10 heavy (non-hydrogen) atoms. The van der Waals surface area contributed by atoms with E-state index in [0.717, 1.165) is 6.92 Å². The molecule has 0 aromatic heterocycles. The third-order valence-corrected chi connectivity index (χ3v) is 6.19. The molecule has 0 heterocycles. The van der Waals surface area contributed by atoms with Gasteiger partial charge in [-0.1, -0.05) is 0 Å². The van der Waals surface area contributed by atoms with E-state index in [2.05, 4.69) is 4.46 Å². The Balaban J connectivity index is 3.59. The van der Waals surface area contributed by atoms with Crippen LogP contribution in [0.25, 0.3) is 0 Å². The van der Waals surface area contributed by atoms with Crippen LogP contribution in [0.1, 0.15) is 6.92 Å². The van der Waals surface area contributed by atoms with Crippen LogP contribution in [-0.2, 0) is 33.7 Å². The van der Waals surface area contributed by atoms with E-state index in [0.29, 0.717) is 0 Å². The van der Waals surface area contributed by atoms with Crippen molar-refractivity contribution in [2.45, 2.75) is 6.92 Å². The Morgan fingerprint density at radius 1 is 1.40 bits per heavy atom. The summed E-state index contributed by atoms with van der Waals surface area (Å²) in [5.41, 5.74) is 0. The minimum absolute atomic E-state index is 0.623. The van der Waals surface area contributed by atoms with Crippen molar-refractivity contribution in [2.75, 3.05) is 0 Å². The van der Waals surface area contributed by atoms with Crippen molar-refractivity contribution in [1.82, 2.24) is 0 Å². The Kier molecular flexibility index (Phi) is 4.33. The maximum absolute atomic E-state index is 9.99. The zero-order valence-corrected chi connectivity index (χ0v) is 9.90. The van der Waals surface area contributed by atoms with Crippen LogP contribution in [0.4, 0.5) is 0 Å². The minimum atomic E-state index is -5.18. The van der Waals surface area contributed by atoms with Crippen LogP contribution in [-0.4, -0.2) is 31.1 Å². The van der Waals surface area contributed by atoms with Gasteiger partial charge in [0, 0.05) is 0 Å². The average molecular weight is 385 g/mol. The average Bonchev–Trinajstić information content (AvgIpc) is 1.59. The molecule has 0 amide bonds. The Hall–Kier alpha value is 0.272. The summed E-state index contributed by atoms with van der Waals surface area (Å²) in [6, 6.07) is 0. The topological polar surface area (TPSA) is 86.7 Å². The Morgan fingerprint density at radius 3 is 2.20 bits per heavy atom. The summed E-state index contributed by atoms with van der Waals surface area (Å²) < 4.78 is 37.2. The summed E-state index contributed by atoms with van der Waals surface area (Å²) in [6.07, 6.45) is 0. The van der Waals surface area contributed by atoms with Gasteiger partial charge >= 0.3 is 71.8 Å². The normalized spacial score (nSPS) is 10.9. The van der Waals surface area contributed by atoms with Crippen LogP contribution in [0.5, 0.6) is 0 Å². The molecule has 0 fully saturated rings. The molecular formula is C2H3MnO6Pb. The van der Waals surface area contributed by atoms with Crippen molar-refractivity contribution in [1.29, 1.82) is 0 Å². The molecule has 0 aromatic carbocycles. The Labute approximate surface area is 71.6 Å². The second-order valence-corrected chi connectivity index (χ2v) is 6.47. The van der Waals surface area contributed by atoms with Gasteiger partial charge in [0.25, 0.3) is 0 Å². The molecule has 58 valence electrons. The molecule has 6 nitrogen and oxygen atoms in total. The number of rotatable bonds is 3. The van der Waals surface area contributed by atoms with Gasteiger partial charge in [0.2, 0.25) is 0 Å². The van der Waals surface area contributed by atoms with E-state index in [9.17, 15) is 16.3 Å². The molecule has 0 atom stereocenters. The Morgan fingerprint density at radius 2 is 1.90 bits per heavy atom. The molecular weight excluding hydrogens is 382 g/mol. The first-order valence-corrected chi connectivity index (χ1v) is 7.04. The molecule has 0 aliphatic carbocycles. The first-order chi connectivity index (χ1) is 4.42. The zero-order valence-electron chi connectivity index (χ0n) is 4.83. The second kappa shape index (κ2) is 4.21. The molecule has 0 aromatic rings. The summed E-state index contributed by atoms with van der Waals surface area (Å²) in [5.74, 6) is -0.623. The van der Waals surface area contributed by atoms with E-state index >= 15 is 0 Å². The van der Waals surface area contributed by atoms with Crippen molar-refractivity contribution in [3.63, 3.8) is 0 Å². The summed E-state index contributed by atoms with van der Waals surface area (Å²) in [4.78, 5) is 9.99. The fraction of sp³-hybridized carbons (Fsp3) is 0.500. The first-order valence-electron chi connectivity index (χ1n) is 1.93. The molecule has 0 spiro atoms. The summed E-state index contributed by atoms with van der Waals surface area (Å²) >= 11 is -7.60. The van der Waals surface area contributed by atoms with E-state index in [1.54, 1.807) is 0 Å². The van der Waals surface area contributed by atoms with Crippen LogP contribution in [0.2, 0.25) is 0 Å². The van der Waals surface area contributed by atoms with Crippen LogP contribution < -0.4 is 0 Å². The number of carbonyl (C=O) groups is 1. The van der Waals surface area contributed by atoms with Gasteiger partial charge in [-0.25, -0.2) is 0 Å². The van der Waals surface area contributed by atoms with Crippen molar-refractivity contribution in [3.05, 3.63) is 0 Å². The van der Waals surface area contributed by atoms with Crippen LogP contribution in [0.3, 0.4) is 0 Å². The molecule has 2 radical (unpaired) electrons. The van der Waals surface area contributed by atoms with Crippen molar-refractivity contribution < 1.29 is 33.7 Å². The molecule has 0 aliphatic heterocycles. The fourth-order valence-electron chi connectivity index (χ4n) is 0.113. The van der Waals surface area contributed by atoms with Gasteiger partial charge < -0.3 is 0 Å². The van der Waals surface area contributed by atoms with Gasteiger partial charge in [-0.15, -0.1) is 0 Å². The third kappa shape index (κ3) is 8.27. The molecule has 0 unspecified atom stereocenters. The van der Waals surface area contributed by atoms with E-state index < -0.39 is 44.1 Å². The second-order valence-electron chi connectivity index (χ2n) is 1.13. The predicted octanol–water partition coefficient (Wildman–Crippen LogP) is -0.794. The molecule has 0 N–H and O–H groups in total. The van der Waals surface area contributed by atoms with E-state index in [1.807, 2.05) is 0 Å². The van der Waals surface area contributed by atoms with Crippen molar-refractivity contribution in [3.8, 4) is 0 Å². The van der Waals surface area contributed by atoms with Gasteiger partial charge in [0.05, 0.1) is 0 Å². The standard InChI is InChI=1S/C2H4O2.Mn.4O.Pb/c1-2(3)4;;;;;;/h1H3,(H,3,4);;;;;;/q;;;;;;+1/p-1. The molecule has 0 rings (SSSR count).